The zero-order chi connectivity index (χ0) is 15.7. The van der Waals surface area contributed by atoms with Gasteiger partial charge in [-0.15, -0.1) is 0 Å². The highest BCUT2D eigenvalue weighted by atomic mass is 32.2. The van der Waals surface area contributed by atoms with Crippen LogP contribution in [0.25, 0.3) is 0 Å². The minimum absolute atomic E-state index is 0.159. The fraction of sp³-hybridized carbons (Fsp3) is 0.600. The van der Waals surface area contributed by atoms with Crippen molar-refractivity contribution in [2.24, 2.45) is 5.92 Å². The van der Waals surface area contributed by atoms with Gasteiger partial charge in [-0.05, 0) is 62.3 Å². The Kier molecular flexibility index (Phi) is 4.60. The zero-order valence-electron chi connectivity index (χ0n) is 12.6. The summed E-state index contributed by atoms with van der Waals surface area (Å²) in [5.74, 6) is 0.573. The number of nitrogens with two attached hydrogens (primary N) is 1. The Bertz CT molecular complexity index is 585. The molecule has 4 N–H and O–H groups in total. The predicted molar refractivity (Wildman–Crippen MR) is 83.4 cm³/mol. The van der Waals surface area contributed by atoms with E-state index >= 15 is 0 Å². The van der Waals surface area contributed by atoms with Gasteiger partial charge in [-0.2, -0.15) is 0 Å². The minimum atomic E-state index is -3.68. The molecule has 1 aromatic rings. The summed E-state index contributed by atoms with van der Waals surface area (Å²) >= 11 is 0. The minimum Gasteiger partial charge on any atom is -0.399 e. The van der Waals surface area contributed by atoms with Crippen molar-refractivity contribution in [2.75, 3.05) is 12.3 Å². The van der Waals surface area contributed by atoms with Crippen LogP contribution in [0.15, 0.2) is 23.1 Å². The average molecular weight is 312 g/mol. The van der Waals surface area contributed by atoms with Crippen molar-refractivity contribution in [3.05, 3.63) is 23.8 Å². The summed E-state index contributed by atoms with van der Waals surface area (Å²) in [5, 5.41) is 9.70. The second-order valence-corrected chi connectivity index (χ2v) is 7.99. The molecular formula is C15H24N2O3S. The van der Waals surface area contributed by atoms with Gasteiger partial charge in [0.2, 0.25) is 10.0 Å². The molecule has 0 amide bonds. The van der Waals surface area contributed by atoms with Crippen LogP contribution in [0.2, 0.25) is 0 Å². The van der Waals surface area contributed by atoms with E-state index in [1.54, 1.807) is 19.1 Å². The summed E-state index contributed by atoms with van der Waals surface area (Å²) in [6, 6.07) is 4.77. The van der Waals surface area contributed by atoms with Gasteiger partial charge in [0.25, 0.3) is 0 Å². The maximum atomic E-state index is 12.6. The van der Waals surface area contributed by atoms with E-state index in [2.05, 4.69) is 11.6 Å². The number of sulfonamides is 1. The molecule has 0 aromatic heterocycles. The van der Waals surface area contributed by atoms with Crippen molar-refractivity contribution in [1.82, 2.24) is 4.72 Å². The number of benzene rings is 1. The number of hydrogen-bond donors (Lipinski definition) is 3. The first-order chi connectivity index (χ1) is 9.76. The molecule has 1 aliphatic rings. The number of aryl methyl sites for hydroxylation is 1. The maximum absolute atomic E-state index is 12.6. The van der Waals surface area contributed by atoms with Crippen LogP contribution in [0, 0.1) is 12.8 Å². The molecule has 0 atom stereocenters. The maximum Gasteiger partial charge on any atom is 0.241 e. The Morgan fingerprint density at radius 2 is 1.95 bits per heavy atom. The molecule has 5 nitrogen and oxygen atoms in total. The Morgan fingerprint density at radius 3 is 2.48 bits per heavy atom. The highest BCUT2D eigenvalue weighted by Gasteiger charge is 2.37. The number of nitrogens with one attached hydrogen (secondary N) is 1. The van der Waals surface area contributed by atoms with Crippen molar-refractivity contribution in [3.63, 3.8) is 0 Å². The molecule has 1 aromatic carbocycles. The van der Waals surface area contributed by atoms with Gasteiger partial charge >= 0.3 is 0 Å². The fourth-order valence-electron chi connectivity index (χ4n) is 2.88. The van der Waals surface area contributed by atoms with Crippen LogP contribution in [0.5, 0.6) is 0 Å². The van der Waals surface area contributed by atoms with Crippen LogP contribution in [0.3, 0.4) is 0 Å². The number of rotatable bonds is 4. The number of nitrogen functional groups attached to an aromatic ring is 1. The van der Waals surface area contributed by atoms with Crippen LogP contribution in [-0.4, -0.2) is 25.7 Å². The van der Waals surface area contributed by atoms with Crippen molar-refractivity contribution in [3.8, 4) is 0 Å². The smallest absolute Gasteiger partial charge is 0.241 e. The van der Waals surface area contributed by atoms with Crippen molar-refractivity contribution < 1.29 is 13.5 Å². The first-order valence-corrected chi connectivity index (χ1v) is 8.77. The van der Waals surface area contributed by atoms with E-state index in [0.29, 0.717) is 24.4 Å². The number of aliphatic hydroxyl groups excluding tert-OH is 1. The number of aliphatic hydroxyl groups is 1. The van der Waals surface area contributed by atoms with Gasteiger partial charge < -0.3 is 10.8 Å². The molecular weight excluding hydrogens is 288 g/mol. The van der Waals surface area contributed by atoms with Gasteiger partial charge in [-0.3, -0.25) is 0 Å². The van der Waals surface area contributed by atoms with Crippen LogP contribution < -0.4 is 10.5 Å². The van der Waals surface area contributed by atoms with Crippen molar-refractivity contribution in [1.29, 1.82) is 0 Å². The van der Waals surface area contributed by atoms with E-state index in [-0.39, 0.29) is 11.5 Å². The SMILES string of the molecule is Cc1cc(N)cc(S(=O)(=O)NC2(CO)CCC(C)CC2)c1. The second kappa shape index (κ2) is 5.94. The number of hydrogen-bond acceptors (Lipinski definition) is 4. The van der Waals surface area contributed by atoms with Gasteiger partial charge in [0.1, 0.15) is 0 Å². The monoisotopic (exact) mass is 312 g/mol. The van der Waals surface area contributed by atoms with Crippen LogP contribution >= 0.6 is 0 Å². The average Bonchev–Trinajstić information content (AvgIpc) is 2.40. The standard InChI is InChI=1S/C15H24N2O3S/c1-11-3-5-15(10-18,6-4-11)17-21(19,20)14-8-12(2)7-13(16)9-14/h7-9,11,17-18H,3-6,10,16H2,1-2H3. The summed E-state index contributed by atoms with van der Waals surface area (Å²) in [4.78, 5) is 0.159. The lowest BCUT2D eigenvalue weighted by Crippen LogP contribution is -2.53. The van der Waals surface area contributed by atoms with Crippen molar-refractivity contribution >= 4 is 15.7 Å². The van der Waals surface area contributed by atoms with Crippen LogP contribution in [-0.2, 0) is 10.0 Å². The Labute approximate surface area is 126 Å². The summed E-state index contributed by atoms with van der Waals surface area (Å²) in [6.07, 6.45) is 3.15. The van der Waals surface area contributed by atoms with E-state index in [9.17, 15) is 13.5 Å². The van der Waals surface area contributed by atoms with E-state index in [1.165, 1.54) is 6.07 Å². The molecule has 0 radical (unpaired) electrons. The lowest BCUT2D eigenvalue weighted by atomic mass is 9.78. The third-order valence-electron chi connectivity index (χ3n) is 4.27. The molecule has 0 unspecified atom stereocenters. The van der Waals surface area contributed by atoms with Gasteiger partial charge in [0.15, 0.2) is 0 Å². The largest absolute Gasteiger partial charge is 0.399 e. The third-order valence-corrected chi connectivity index (χ3v) is 5.83. The molecule has 0 bridgehead atoms. The van der Waals surface area contributed by atoms with E-state index < -0.39 is 15.6 Å². The first-order valence-electron chi connectivity index (χ1n) is 7.28. The Balaban J connectivity index is 2.27. The van der Waals surface area contributed by atoms with Crippen LogP contribution in [0.4, 0.5) is 5.69 Å². The van der Waals surface area contributed by atoms with E-state index in [0.717, 1.165) is 18.4 Å². The Morgan fingerprint density at radius 1 is 1.33 bits per heavy atom. The second-order valence-electron chi connectivity index (χ2n) is 6.31. The summed E-state index contributed by atoms with van der Waals surface area (Å²) in [5.41, 5.74) is 6.20. The molecule has 21 heavy (non-hydrogen) atoms. The highest BCUT2D eigenvalue weighted by molar-refractivity contribution is 7.89. The first kappa shape index (κ1) is 16.3. The lowest BCUT2D eigenvalue weighted by molar-refractivity contribution is 0.125. The molecule has 1 saturated carbocycles. The van der Waals surface area contributed by atoms with Gasteiger partial charge in [-0.1, -0.05) is 6.92 Å². The molecule has 0 spiro atoms. The lowest BCUT2D eigenvalue weighted by Gasteiger charge is -2.38. The molecule has 118 valence electrons. The van der Waals surface area contributed by atoms with E-state index in [4.69, 9.17) is 5.73 Å². The normalized spacial score (nSPS) is 26.7. The Hall–Kier alpha value is -1.11. The number of anilines is 1. The van der Waals surface area contributed by atoms with Gasteiger partial charge in [-0.25, -0.2) is 13.1 Å². The molecule has 2 rings (SSSR count). The van der Waals surface area contributed by atoms with Crippen LogP contribution in [0.1, 0.15) is 38.2 Å². The summed E-state index contributed by atoms with van der Waals surface area (Å²) < 4.78 is 27.9. The van der Waals surface area contributed by atoms with Gasteiger partial charge in [0.05, 0.1) is 17.0 Å². The molecule has 0 heterocycles. The predicted octanol–water partition coefficient (Wildman–Crippen LogP) is 1.80. The summed E-state index contributed by atoms with van der Waals surface area (Å²) in [6.45, 7) is 3.77. The molecule has 0 aliphatic heterocycles. The molecule has 1 fully saturated rings. The quantitative estimate of drug-likeness (QED) is 0.739. The topological polar surface area (TPSA) is 92.4 Å². The highest BCUT2D eigenvalue weighted by Crippen LogP contribution is 2.33. The van der Waals surface area contributed by atoms with Crippen molar-refractivity contribution in [2.45, 2.75) is 50.0 Å². The van der Waals surface area contributed by atoms with Gasteiger partial charge in [0, 0.05) is 5.69 Å². The molecule has 1 aliphatic carbocycles. The molecule has 6 heteroatoms. The third kappa shape index (κ3) is 3.75. The van der Waals surface area contributed by atoms with E-state index in [1.807, 2.05) is 0 Å². The molecule has 0 saturated heterocycles. The zero-order valence-corrected chi connectivity index (χ0v) is 13.4. The fourth-order valence-corrected chi connectivity index (χ4v) is 4.47. The summed E-state index contributed by atoms with van der Waals surface area (Å²) in [7, 11) is -3.68.